The molecule has 28 heavy (non-hydrogen) atoms. The first kappa shape index (κ1) is 18.2. The van der Waals surface area contributed by atoms with Crippen LogP contribution in [0.15, 0.2) is 72.8 Å². The van der Waals surface area contributed by atoms with Crippen molar-refractivity contribution in [1.29, 1.82) is 0 Å². The van der Waals surface area contributed by atoms with E-state index in [9.17, 15) is 9.18 Å². The molecule has 4 rings (SSSR count). The van der Waals surface area contributed by atoms with Gasteiger partial charge in [-0.15, -0.1) is 0 Å². The van der Waals surface area contributed by atoms with Gasteiger partial charge in [0.25, 0.3) is 5.91 Å². The average Bonchev–Trinajstić information content (AvgIpc) is 3.06. The first-order valence-corrected chi connectivity index (χ1v) is 9.20. The molecular weight excluding hydrogens is 377 g/mol. The molecule has 0 aliphatic heterocycles. The molecule has 0 aliphatic carbocycles. The molecule has 0 aliphatic rings. The Balaban J connectivity index is 1.60. The third kappa shape index (κ3) is 3.89. The van der Waals surface area contributed by atoms with Crippen LogP contribution in [0.5, 0.6) is 0 Å². The summed E-state index contributed by atoms with van der Waals surface area (Å²) in [5.41, 5.74) is 3.29. The maximum atomic E-state index is 13.2. The van der Waals surface area contributed by atoms with E-state index >= 15 is 0 Å². The number of para-hydroxylation sites is 2. The SMILES string of the molecule is O=C(NCc1nc2ccccc2n1Cc1ccc(F)cc1)c1ccc(Cl)cc1. The topological polar surface area (TPSA) is 46.9 Å². The van der Waals surface area contributed by atoms with Gasteiger partial charge in [-0.25, -0.2) is 9.37 Å². The van der Waals surface area contributed by atoms with E-state index < -0.39 is 0 Å². The van der Waals surface area contributed by atoms with Crippen LogP contribution in [0.25, 0.3) is 11.0 Å². The Morgan fingerprint density at radius 3 is 2.46 bits per heavy atom. The quantitative estimate of drug-likeness (QED) is 0.529. The number of imidazole rings is 1. The lowest BCUT2D eigenvalue weighted by molar-refractivity contribution is 0.0949. The maximum Gasteiger partial charge on any atom is 0.251 e. The highest BCUT2D eigenvalue weighted by Gasteiger charge is 2.13. The number of hydrogen-bond donors (Lipinski definition) is 1. The van der Waals surface area contributed by atoms with Crippen LogP contribution in [-0.4, -0.2) is 15.5 Å². The Hall–Kier alpha value is -3.18. The smallest absolute Gasteiger partial charge is 0.251 e. The van der Waals surface area contributed by atoms with Gasteiger partial charge in [0.1, 0.15) is 11.6 Å². The van der Waals surface area contributed by atoms with Crippen LogP contribution in [0.2, 0.25) is 5.02 Å². The summed E-state index contributed by atoms with van der Waals surface area (Å²) in [5.74, 6) is 0.264. The van der Waals surface area contributed by atoms with Crippen molar-refractivity contribution < 1.29 is 9.18 Å². The molecule has 0 bridgehead atoms. The molecular formula is C22H17ClFN3O. The standard InChI is InChI=1S/C22H17ClFN3O/c23-17-9-7-16(8-10-17)22(28)25-13-21-26-19-3-1-2-4-20(19)27(21)14-15-5-11-18(24)12-6-15/h1-12H,13-14H2,(H,25,28). The zero-order valence-corrected chi connectivity index (χ0v) is 15.7. The van der Waals surface area contributed by atoms with Crippen molar-refractivity contribution in [3.05, 3.63) is 101 Å². The molecule has 0 fully saturated rings. The number of benzene rings is 3. The lowest BCUT2D eigenvalue weighted by Gasteiger charge is -2.11. The number of aromatic nitrogens is 2. The number of rotatable bonds is 5. The zero-order valence-electron chi connectivity index (χ0n) is 14.9. The monoisotopic (exact) mass is 393 g/mol. The fourth-order valence-corrected chi connectivity index (χ4v) is 3.20. The van der Waals surface area contributed by atoms with Crippen molar-refractivity contribution in [2.24, 2.45) is 0 Å². The summed E-state index contributed by atoms with van der Waals surface area (Å²) in [7, 11) is 0. The van der Waals surface area contributed by atoms with Crippen molar-refractivity contribution in [2.75, 3.05) is 0 Å². The van der Waals surface area contributed by atoms with Gasteiger partial charge in [-0.1, -0.05) is 35.9 Å². The highest BCUT2D eigenvalue weighted by Crippen LogP contribution is 2.18. The number of amides is 1. The van der Waals surface area contributed by atoms with Crippen molar-refractivity contribution in [3.8, 4) is 0 Å². The summed E-state index contributed by atoms with van der Waals surface area (Å²) in [4.78, 5) is 17.1. The minimum Gasteiger partial charge on any atom is -0.345 e. The van der Waals surface area contributed by atoms with E-state index in [1.807, 2.05) is 28.8 Å². The largest absolute Gasteiger partial charge is 0.345 e. The summed E-state index contributed by atoms with van der Waals surface area (Å²) >= 11 is 5.87. The molecule has 0 radical (unpaired) electrons. The fourth-order valence-electron chi connectivity index (χ4n) is 3.07. The van der Waals surface area contributed by atoms with E-state index in [-0.39, 0.29) is 18.3 Å². The van der Waals surface area contributed by atoms with Crippen molar-refractivity contribution in [2.45, 2.75) is 13.1 Å². The second-order valence-corrected chi connectivity index (χ2v) is 6.86. The Kier molecular flexibility index (Phi) is 5.08. The molecule has 0 saturated heterocycles. The molecule has 4 nitrogen and oxygen atoms in total. The van der Waals surface area contributed by atoms with Gasteiger partial charge in [-0.05, 0) is 54.1 Å². The number of nitrogens with zero attached hydrogens (tertiary/aromatic N) is 2. The van der Waals surface area contributed by atoms with E-state index in [1.165, 1.54) is 12.1 Å². The lowest BCUT2D eigenvalue weighted by Crippen LogP contribution is -2.24. The Morgan fingerprint density at radius 1 is 1.00 bits per heavy atom. The second kappa shape index (κ2) is 7.82. The lowest BCUT2D eigenvalue weighted by atomic mass is 10.2. The Labute approximate surface area is 166 Å². The van der Waals surface area contributed by atoms with Gasteiger partial charge in [-0.3, -0.25) is 4.79 Å². The number of hydrogen-bond acceptors (Lipinski definition) is 2. The summed E-state index contributed by atoms with van der Waals surface area (Å²) in [5, 5.41) is 3.49. The van der Waals surface area contributed by atoms with Gasteiger partial charge in [0.05, 0.1) is 17.6 Å². The van der Waals surface area contributed by atoms with Crippen LogP contribution in [0.3, 0.4) is 0 Å². The highest BCUT2D eigenvalue weighted by molar-refractivity contribution is 6.30. The van der Waals surface area contributed by atoms with Crippen LogP contribution in [0.4, 0.5) is 4.39 Å². The van der Waals surface area contributed by atoms with E-state index in [4.69, 9.17) is 11.6 Å². The number of halogens is 2. The van der Waals surface area contributed by atoms with Gasteiger partial charge in [0, 0.05) is 17.1 Å². The van der Waals surface area contributed by atoms with Crippen molar-refractivity contribution >= 4 is 28.5 Å². The summed E-state index contributed by atoms with van der Waals surface area (Å²) in [6.07, 6.45) is 0. The first-order chi connectivity index (χ1) is 13.6. The fraction of sp³-hybridized carbons (Fsp3) is 0.0909. The molecule has 1 aromatic heterocycles. The molecule has 0 atom stereocenters. The Bertz CT molecular complexity index is 1120. The van der Waals surface area contributed by atoms with E-state index in [0.717, 1.165) is 22.4 Å². The minimum absolute atomic E-state index is 0.197. The zero-order chi connectivity index (χ0) is 19.5. The molecule has 1 N–H and O–H groups in total. The highest BCUT2D eigenvalue weighted by atomic mass is 35.5. The predicted molar refractivity (Wildman–Crippen MR) is 108 cm³/mol. The molecule has 3 aromatic carbocycles. The van der Waals surface area contributed by atoms with Crippen LogP contribution < -0.4 is 5.32 Å². The molecule has 0 unspecified atom stereocenters. The molecule has 0 spiro atoms. The summed E-state index contributed by atoms with van der Waals surface area (Å²) in [6, 6.07) is 20.9. The number of carbonyl (C=O) groups excluding carboxylic acids is 1. The number of nitrogens with one attached hydrogen (secondary N) is 1. The van der Waals surface area contributed by atoms with Crippen LogP contribution >= 0.6 is 11.6 Å². The van der Waals surface area contributed by atoms with E-state index in [1.54, 1.807) is 36.4 Å². The molecule has 4 aromatic rings. The normalized spacial score (nSPS) is 10.9. The summed E-state index contributed by atoms with van der Waals surface area (Å²) < 4.78 is 15.3. The van der Waals surface area contributed by atoms with E-state index in [2.05, 4.69) is 10.3 Å². The maximum absolute atomic E-state index is 13.2. The minimum atomic E-state index is -0.269. The van der Waals surface area contributed by atoms with Crippen LogP contribution in [0, 0.1) is 5.82 Å². The van der Waals surface area contributed by atoms with Gasteiger partial charge >= 0.3 is 0 Å². The number of carbonyl (C=O) groups is 1. The predicted octanol–water partition coefficient (Wildman–Crippen LogP) is 4.81. The van der Waals surface area contributed by atoms with Crippen molar-refractivity contribution in [1.82, 2.24) is 14.9 Å². The van der Waals surface area contributed by atoms with Gasteiger partial charge in [0.2, 0.25) is 0 Å². The average molecular weight is 394 g/mol. The van der Waals surface area contributed by atoms with E-state index in [0.29, 0.717) is 17.1 Å². The third-order valence-electron chi connectivity index (χ3n) is 4.50. The molecule has 0 saturated carbocycles. The number of fused-ring (bicyclic) bond motifs is 1. The molecule has 1 heterocycles. The van der Waals surface area contributed by atoms with Gasteiger partial charge < -0.3 is 9.88 Å². The van der Waals surface area contributed by atoms with Gasteiger partial charge in [-0.2, -0.15) is 0 Å². The molecule has 140 valence electrons. The second-order valence-electron chi connectivity index (χ2n) is 6.42. The van der Waals surface area contributed by atoms with Gasteiger partial charge in [0.15, 0.2) is 0 Å². The summed E-state index contributed by atoms with van der Waals surface area (Å²) in [6.45, 7) is 0.810. The molecule has 6 heteroatoms. The molecule has 1 amide bonds. The van der Waals surface area contributed by atoms with Crippen LogP contribution in [-0.2, 0) is 13.1 Å². The first-order valence-electron chi connectivity index (χ1n) is 8.82. The third-order valence-corrected chi connectivity index (χ3v) is 4.75. The van der Waals surface area contributed by atoms with Crippen LogP contribution in [0.1, 0.15) is 21.7 Å². The Morgan fingerprint density at radius 2 is 1.71 bits per heavy atom. The van der Waals surface area contributed by atoms with Crippen molar-refractivity contribution in [3.63, 3.8) is 0 Å².